The highest BCUT2D eigenvalue weighted by Crippen LogP contribution is 2.36. The van der Waals surface area contributed by atoms with Gasteiger partial charge in [-0.25, -0.2) is 9.59 Å². The quantitative estimate of drug-likeness (QED) is 0.127. The van der Waals surface area contributed by atoms with Crippen LogP contribution in [0.3, 0.4) is 0 Å². The molecule has 0 saturated heterocycles. The zero-order valence-electron chi connectivity index (χ0n) is 19.4. The summed E-state index contributed by atoms with van der Waals surface area (Å²) in [5, 5.41) is 13.8. The van der Waals surface area contributed by atoms with Crippen molar-refractivity contribution in [3.8, 4) is 0 Å². The molecule has 0 unspecified atom stereocenters. The van der Waals surface area contributed by atoms with Crippen molar-refractivity contribution in [1.29, 1.82) is 0 Å². The molecule has 4 rings (SSSR count). The number of nitrogens with zero attached hydrogens (tertiary/aromatic N) is 1. The Morgan fingerprint density at radius 2 is 1.55 bits per heavy atom. The molecule has 0 fully saturated rings. The lowest BCUT2D eigenvalue weighted by atomic mass is 9.91. The number of carbonyl (C=O) groups excluding carboxylic acids is 2. The van der Waals surface area contributed by atoms with E-state index in [-0.39, 0.29) is 6.42 Å². The summed E-state index contributed by atoms with van der Waals surface area (Å²) in [6, 6.07) is 18.9. The summed E-state index contributed by atoms with van der Waals surface area (Å²) in [6.45, 7) is 7.55. The molecule has 4 aromatic rings. The Labute approximate surface area is 192 Å². The minimum Gasteiger partial charge on any atom is -0.444 e. The molecule has 0 aliphatic heterocycles. The fourth-order valence-electron chi connectivity index (χ4n) is 4.00. The van der Waals surface area contributed by atoms with E-state index in [1.807, 2.05) is 13.0 Å². The predicted molar refractivity (Wildman–Crippen MR) is 132 cm³/mol. The van der Waals surface area contributed by atoms with Gasteiger partial charge >= 0.3 is 12.1 Å². The SMILES string of the molecule is C/C(=N\OC(=O)CCCNC(=O)OC(C)(C)C)c1ccc2ccc3cccc4ccc1c2c34. The molecule has 170 valence electrons. The number of hydrogen-bond acceptors (Lipinski definition) is 5. The van der Waals surface area contributed by atoms with Gasteiger partial charge in [-0.05, 0) is 66.4 Å². The number of rotatable bonds is 6. The summed E-state index contributed by atoms with van der Waals surface area (Å²) in [5.74, 6) is -0.446. The Kier molecular flexibility index (Phi) is 6.18. The maximum Gasteiger partial charge on any atom is 0.407 e. The predicted octanol–water partition coefficient (Wildman–Crippen LogP) is 6.16. The first-order valence-corrected chi connectivity index (χ1v) is 11.1. The van der Waals surface area contributed by atoms with E-state index >= 15 is 0 Å². The van der Waals surface area contributed by atoms with Crippen LogP contribution >= 0.6 is 0 Å². The molecule has 0 radical (unpaired) electrons. The largest absolute Gasteiger partial charge is 0.444 e. The van der Waals surface area contributed by atoms with Crippen LogP contribution in [0.15, 0.2) is 59.8 Å². The van der Waals surface area contributed by atoms with Crippen LogP contribution in [0.5, 0.6) is 0 Å². The van der Waals surface area contributed by atoms with Crippen molar-refractivity contribution in [2.24, 2.45) is 5.16 Å². The number of oxime groups is 1. The molecule has 4 aromatic carbocycles. The molecular weight excluding hydrogens is 416 g/mol. The first kappa shape index (κ1) is 22.5. The fraction of sp³-hybridized carbons (Fsp3) is 0.296. The summed E-state index contributed by atoms with van der Waals surface area (Å²) in [7, 11) is 0. The van der Waals surface area contributed by atoms with Gasteiger partial charge in [0, 0.05) is 18.5 Å². The highest BCUT2D eigenvalue weighted by molar-refractivity contribution is 6.26. The average molecular weight is 445 g/mol. The van der Waals surface area contributed by atoms with Crippen molar-refractivity contribution in [3.63, 3.8) is 0 Å². The van der Waals surface area contributed by atoms with Crippen LogP contribution in [0.2, 0.25) is 0 Å². The number of amides is 1. The van der Waals surface area contributed by atoms with E-state index in [9.17, 15) is 9.59 Å². The number of nitrogens with one attached hydrogen (secondary N) is 1. The Morgan fingerprint density at radius 3 is 2.24 bits per heavy atom. The zero-order valence-corrected chi connectivity index (χ0v) is 19.4. The summed E-state index contributed by atoms with van der Waals surface area (Å²) in [6.07, 6.45) is 0.0786. The van der Waals surface area contributed by atoms with Gasteiger partial charge in [0.2, 0.25) is 0 Å². The third-order valence-electron chi connectivity index (χ3n) is 5.43. The topological polar surface area (TPSA) is 77.0 Å². The van der Waals surface area contributed by atoms with Crippen molar-refractivity contribution >= 4 is 50.1 Å². The molecule has 6 heteroatoms. The van der Waals surface area contributed by atoms with E-state index in [1.54, 1.807) is 20.8 Å². The number of alkyl carbamates (subject to hydrolysis) is 1. The first-order chi connectivity index (χ1) is 15.7. The van der Waals surface area contributed by atoms with Gasteiger partial charge in [0.1, 0.15) is 5.60 Å². The van der Waals surface area contributed by atoms with Gasteiger partial charge in [-0.15, -0.1) is 0 Å². The molecule has 33 heavy (non-hydrogen) atoms. The Bertz CT molecular complexity index is 1340. The summed E-state index contributed by atoms with van der Waals surface area (Å²) in [5.41, 5.74) is 1.01. The van der Waals surface area contributed by atoms with Crippen LogP contribution in [0.4, 0.5) is 4.79 Å². The van der Waals surface area contributed by atoms with Gasteiger partial charge in [-0.3, -0.25) is 0 Å². The molecule has 6 nitrogen and oxygen atoms in total. The molecule has 0 bridgehead atoms. The van der Waals surface area contributed by atoms with Crippen molar-refractivity contribution < 1.29 is 19.2 Å². The van der Waals surface area contributed by atoms with Crippen molar-refractivity contribution in [1.82, 2.24) is 5.32 Å². The van der Waals surface area contributed by atoms with Crippen molar-refractivity contribution in [2.45, 2.75) is 46.1 Å². The number of benzene rings is 4. The molecule has 1 amide bonds. The van der Waals surface area contributed by atoms with Crippen LogP contribution in [-0.4, -0.2) is 29.9 Å². The maximum absolute atomic E-state index is 12.1. The van der Waals surface area contributed by atoms with Crippen LogP contribution in [-0.2, 0) is 14.4 Å². The maximum atomic E-state index is 12.1. The second-order valence-electron chi connectivity index (χ2n) is 9.14. The second kappa shape index (κ2) is 9.06. The molecule has 0 spiro atoms. The van der Waals surface area contributed by atoms with Crippen LogP contribution < -0.4 is 5.32 Å². The molecule has 0 aromatic heterocycles. The Balaban J connectivity index is 1.43. The number of hydrogen-bond donors (Lipinski definition) is 1. The summed E-state index contributed by atoms with van der Waals surface area (Å²) in [4.78, 5) is 28.9. The van der Waals surface area contributed by atoms with Crippen molar-refractivity contribution in [2.75, 3.05) is 6.54 Å². The summed E-state index contributed by atoms with van der Waals surface area (Å²) < 4.78 is 5.16. The van der Waals surface area contributed by atoms with E-state index < -0.39 is 17.7 Å². The zero-order chi connectivity index (χ0) is 23.6. The Morgan fingerprint density at radius 1 is 0.909 bits per heavy atom. The highest BCUT2D eigenvalue weighted by Gasteiger charge is 2.16. The van der Waals surface area contributed by atoms with E-state index in [0.29, 0.717) is 18.7 Å². The average Bonchev–Trinajstić information content (AvgIpc) is 2.77. The van der Waals surface area contributed by atoms with Crippen molar-refractivity contribution in [3.05, 3.63) is 60.2 Å². The lowest BCUT2D eigenvalue weighted by molar-refractivity contribution is -0.143. The van der Waals surface area contributed by atoms with Crippen LogP contribution in [0.25, 0.3) is 32.3 Å². The monoisotopic (exact) mass is 444 g/mol. The molecular formula is C27H28N2O4. The Hall–Kier alpha value is -3.67. The van der Waals surface area contributed by atoms with Gasteiger partial charge < -0.3 is 14.9 Å². The van der Waals surface area contributed by atoms with E-state index in [2.05, 4.69) is 59.0 Å². The van der Waals surface area contributed by atoms with Gasteiger partial charge in [0.15, 0.2) is 0 Å². The molecule has 0 aliphatic carbocycles. The fourth-order valence-corrected chi connectivity index (χ4v) is 4.00. The van der Waals surface area contributed by atoms with Crippen LogP contribution in [0.1, 0.15) is 46.1 Å². The lowest BCUT2D eigenvalue weighted by Crippen LogP contribution is -2.33. The molecule has 0 atom stereocenters. The smallest absolute Gasteiger partial charge is 0.407 e. The third kappa shape index (κ3) is 5.06. The first-order valence-electron chi connectivity index (χ1n) is 11.1. The van der Waals surface area contributed by atoms with Gasteiger partial charge in [-0.2, -0.15) is 0 Å². The normalized spacial score (nSPS) is 12.4. The van der Waals surface area contributed by atoms with E-state index in [0.717, 1.165) is 10.9 Å². The number of ether oxygens (including phenoxy) is 1. The number of carbonyl (C=O) groups is 2. The molecule has 0 heterocycles. The molecule has 0 saturated carbocycles. The van der Waals surface area contributed by atoms with Gasteiger partial charge in [-0.1, -0.05) is 59.8 Å². The lowest BCUT2D eigenvalue weighted by Gasteiger charge is -2.19. The molecule has 1 N–H and O–H groups in total. The minimum absolute atomic E-state index is 0.144. The van der Waals surface area contributed by atoms with E-state index in [4.69, 9.17) is 9.57 Å². The van der Waals surface area contributed by atoms with Gasteiger partial charge in [0.05, 0.1) is 5.71 Å². The third-order valence-corrected chi connectivity index (χ3v) is 5.43. The van der Waals surface area contributed by atoms with E-state index in [1.165, 1.54) is 26.9 Å². The standard InChI is InChI=1S/C27H28N2O4/c1-17(29-33-23(30)9-6-16-28-26(31)32-27(2,3)4)21-14-12-20-11-10-18-7-5-8-19-13-15-22(21)25(20)24(18)19/h5,7-8,10-15H,6,9,16H2,1-4H3,(H,28,31)/b29-17+. The highest BCUT2D eigenvalue weighted by atomic mass is 16.7. The second-order valence-corrected chi connectivity index (χ2v) is 9.14. The molecule has 0 aliphatic rings. The summed E-state index contributed by atoms with van der Waals surface area (Å²) >= 11 is 0. The van der Waals surface area contributed by atoms with Crippen LogP contribution in [0, 0.1) is 0 Å². The minimum atomic E-state index is -0.555. The van der Waals surface area contributed by atoms with Gasteiger partial charge in [0.25, 0.3) is 0 Å².